The van der Waals surface area contributed by atoms with Gasteiger partial charge in [-0.25, -0.2) is 19.8 Å². The number of carbonyl (C=O) groups is 1. The van der Waals surface area contributed by atoms with Gasteiger partial charge in [-0.2, -0.15) is 0 Å². The normalized spacial score (nSPS) is 12.8. The Bertz CT molecular complexity index is 827. The van der Waals surface area contributed by atoms with Crippen molar-refractivity contribution in [1.82, 2.24) is 30.5 Å². The van der Waals surface area contributed by atoms with Crippen molar-refractivity contribution in [2.75, 3.05) is 13.1 Å². The highest BCUT2D eigenvalue weighted by Crippen LogP contribution is 2.08. The van der Waals surface area contributed by atoms with Crippen LogP contribution in [0.4, 0.5) is 4.79 Å². The number of aromatic nitrogens is 3. The number of aliphatic imine (C=N–C) groups is 1. The summed E-state index contributed by atoms with van der Waals surface area (Å²) >= 11 is 0. The molecule has 2 aromatic heterocycles. The summed E-state index contributed by atoms with van der Waals surface area (Å²) < 4.78 is 7.21. The first-order valence-electron chi connectivity index (χ1n) is 11.3. The lowest BCUT2D eigenvalue weighted by Gasteiger charge is -2.24. The maximum Gasteiger partial charge on any atom is 0.407 e. The number of unbranched alkanes of at least 4 members (excludes halogenated alkanes) is 1. The van der Waals surface area contributed by atoms with Crippen LogP contribution in [0.5, 0.6) is 0 Å². The van der Waals surface area contributed by atoms with E-state index in [0.29, 0.717) is 19.0 Å². The quantitative estimate of drug-likeness (QED) is 0.384. The maximum atomic E-state index is 12.1. The molecule has 2 aromatic rings. The molecule has 0 saturated carbocycles. The number of hydrogen-bond acceptors (Lipinski definition) is 5. The van der Waals surface area contributed by atoms with Crippen LogP contribution >= 0.6 is 0 Å². The number of nitrogens with one attached hydrogen (secondary N) is 3. The molecule has 9 heteroatoms. The van der Waals surface area contributed by atoms with E-state index >= 15 is 0 Å². The number of hydrogen-bond donors (Lipinski definition) is 3. The molecule has 3 N–H and O–H groups in total. The van der Waals surface area contributed by atoms with Gasteiger partial charge >= 0.3 is 6.09 Å². The van der Waals surface area contributed by atoms with E-state index in [1.165, 1.54) is 0 Å². The second kappa shape index (κ2) is 12.7. The third-order valence-corrected chi connectivity index (χ3v) is 4.48. The lowest BCUT2D eigenvalue weighted by atomic mass is 10.1. The van der Waals surface area contributed by atoms with Gasteiger partial charge in [0, 0.05) is 37.7 Å². The van der Waals surface area contributed by atoms with E-state index in [0.717, 1.165) is 37.2 Å². The van der Waals surface area contributed by atoms with Crippen molar-refractivity contribution in [2.24, 2.45) is 4.99 Å². The largest absolute Gasteiger partial charge is 0.444 e. The molecule has 0 spiro atoms. The van der Waals surface area contributed by atoms with Gasteiger partial charge in [-0.15, -0.1) is 0 Å². The van der Waals surface area contributed by atoms with Crippen LogP contribution in [0.25, 0.3) is 5.82 Å². The highest BCUT2D eigenvalue weighted by molar-refractivity contribution is 5.80. The fraction of sp³-hybridized carbons (Fsp3) is 0.565. The minimum atomic E-state index is -0.520. The van der Waals surface area contributed by atoms with E-state index in [4.69, 9.17) is 9.73 Å². The highest BCUT2D eigenvalue weighted by Gasteiger charge is 2.18. The Hall–Kier alpha value is -3.10. The number of carbonyl (C=O) groups excluding carboxylic acids is 1. The molecule has 9 nitrogen and oxygen atoms in total. The zero-order valence-corrected chi connectivity index (χ0v) is 19.9. The Morgan fingerprint density at radius 1 is 1.25 bits per heavy atom. The third-order valence-electron chi connectivity index (χ3n) is 4.48. The van der Waals surface area contributed by atoms with Gasteiger partial charge in [0.1, 0.15) is 17.7 Å². The number of alkyl carbamates (subject to hydrolysis) is 1. The number of pyridine rings is 1. The molecule has 1 atom stereocenters. The van der Waals surface area contributed by atoms with Crippen LogP contribution in [-0.2, 0) is 11.3 Å². The van der Waals surface area contributed by atoms with Gasteiger partial charge in [-0.3, -0.25) is 4.57 Å². The number of nitrogens with zero attached hydrogens (tertiary/aromatic N) is 4. The van der Waals surface area contributed by atoms with Crippen LogP contribution < -0.4 is 16.0 Å². The van der Waals surface area contributed by atoms with Gasteiger partial charge in [-0.1, -0.05) is 25.8 Å². The van der Waals surface area contributed by atoms with Crippen LogP contribution in [0, 0.1) is 0 Å². The molecule has 2 heterocycles. The Kier molecular flexibility index (Phi) is 9.97. The summed E-state index contributed by atoms with van der Waals surface area (Å²) in [6.07, 6.45) is 9.75. The van der Waals surface area contributed by atoms with E-state index < -0.39 is 11.7 Å². The van der Waals surface area contributed by atoms with Crippen LogP contribution in [0.1, 0.15) is 59.4 Å². The van der Waals surface area contributed by atoms with Crippen LogP contribution in [0.15, 0.2) is 42.0 Å². The SMILES string of the molecule is CCCCC(CNC(=O)OC(C)(C)C)NC(=NCc1ccc(-n2ccnc2)nc1)NCC. The monoisotopic (exact) mass is 443 g/mol. The standard InChI is InChI=1S/C23H37N7O2/c1-6-8-9-19(16-28-22(31)32-23(3,4)5)29-21(25-7-2)27-15-18-10-11-20(26-14-18)30-13-12-24-17-30/h10-14,17,19H,6-9,15-16H2,1-5H3,(H,28,31)(H2,25,27,29). The molecule has 0 aromatic carbocycles. The zero-order chi connectivity index (χ0) is 23.4. The molecule has 0 aliphatic rings. The molecule has 176 valence electrons. The smallest absolute Gasteiger partial charge is 0.407 e. The van der Waals surface area contributed by atoms with E-state index in [-0.39, 0.29) is 6.04 Å². The van der Waals surface area contributed by atoms with Crippen molar-refractivity contribution in [3.05, 3.63) is 42.6 Å². The molecule has 0 aliphatic heterocycles. The second-order valence-electron chi connectivity index (χ2n) is 8.56. The summed E-state index contributed by atoms with van der Waals surface area (Å²) in [6, 6.07) is 4.00. The lowest BCUT2D eigenvalue weighted by molar-refractivity contribution is 0.0522. The van der Waals surface area contributed by atoms with Crippen molar-refractivity contribution in [2.45, 2.75) is 72.1 Å². The maximum absolute atomic E-state index is 12.1. The minimum Gasteiger partial charge on any atom is -0.444 e. The molecule has 1 amide bonds. The molecule has 0 fully saturated rings. The predicted octanol–water partition coefficient (Wildman–Crippen LogP) is 3.41. The molecule has 32 heavy (non-hydrogen) atoms. The molecular weight excluding hydrogens is 406 g/mol. The molecule has 0 bridgehead atoms. The first-order chi connectivity index (χ1) is 15.3. The summed E-state index contributed by atoms with van der Waals surface area (Å²) in [6.45, 7) is 11.4. The van der Waals surface area contributed by atoms with Crippen molar-refractivity contribution in [3.63, 3.8) is 0 Å². The number of amides is 1. The van der Waals surface area contributed by atoms with E-state index in [1.54, 1.807) is 12.5 Å². The Balaban J connectivity index is 1.98. The van der Waals surface area contributed by atoms with Crippen LogP contribution in [0.3, 0.4) is 0 Å². The average molecular weight is 444 g/mol. The number of guanidine groups is 1. The summed E-state index contributed by atoms with van der Waals surface area (Å²) in [5.41, 5.74) is 0.483. The van der Waals surface area contributed by atoms with Crippen LogP contribution in [-0.4, -0.2) is 51.3 Å². The molecule has 0 aliphatic carbocycles. The van der Waals surface area contributed by atoms with Gasteiger partial charge < -0.3 is 20.7 Å². The van der Waals surface area contributed by atoms with Gasteiger partial charge in [0.2, 0.25) is 0 Å². The van der Waals surface area contributed by atoms with Crippen molar-refractivity contribution >= 4 is 12.1 Å². The van der Waals surface area contributed by atoms with E-state index in [1.807, 2.05) is 56.8 Å². The van der Waals surface area contributed by atoms with E-state index in [2.05, 4.69) is 32.8 Å². The van der Waals surface area contributed by atoms with Gasteiger partial charge in [0.15, 0.2) is 5.96 Å². The molecule has 1 unspecified atom stereocenters. The number of imidazole rings is 1. The Morgan fingerprint density at radius 2 is 2.06 bits per heavy atom. The van der Waals surface area contributed by atoms with Crippen molar-refractivity contribution in [3.8, 4) is 5.82 Å². The molecule has 0 radical (unpaired) electrons. The number of rotatable bonds is 10. The molecule has 0 saturated heterocycles. The van der Waals surface area contributed by atoms with Gasteiger partial charge in [0.05, 0.1) is 6.54 Å². The molecular formula is C23H37N7O2. The fourth-order valence-electron chi connectivity index (χ4n) is 2.94. The molecule has 2 rings (SSSR count). The zero-order valence-electron chi connectivity index (χ0n) is 19.9. The first-order valence-corrected chi connectivity index (χ1v) is 11.3. The van der Waals surface area contributed by atoms with Gasteiger partial charge in [0.25, 0.3) is 0 Å². The van der Waals surface area contributed by atoms with Crippen molar-refractivity contribution < 1.29 is 9.53 Å². The van der Waals surface area contributed by atoms with E-state index in [9.17, 15) is 4.79 Å². The summed E-state index contributed by atoms with van der Waals surface area (Å²) in [5, 5.41) is 9.59. The average Bonchev–Trinajstić information content (AvgIpc) is 3.28. The lowest BCUT2D eigenvalue weighted by Crippen LogP contribution is -2.49. The third kappa shape index (κ3) is 9.36. The van der Waals surface area contributed by atoms with Crippen molar-refractivity contribution in [1.29, 1.82) is 0 Å². The Morgan fingerprint density at radius 3 is 2.66 bits per heavy atom. The summed E-state index contributed by atoms with van der Waals surface area (Å²) in [7, 11) is 0. The Labute approximate surface area is 191 Å². The first kappa shape index (κ1) is 25.2. The van der Waals surface area contributed by atoms with Crippen LogP contribution in [0.2, 0.25) is 0 Å². The second-order valence-corrected chi connectivity index (χ2v) is 8.56. The summed E-state index contributed by atoms with van der Waals surface area (Å²) in [4.78, 5) is 25.3. The fourth-order valence-corrected chi connectivity index (χ4v) is 2.94. The summed E-state index contributed by atoms with van der Waals surface area (Å²) in [5.74, 6) is 1.52. The predicted molar refractivity (Wildman–Crippen MR) is 127 cm³/mol. The van der Waals surface area contributed by atoms with Gasteiger partial charge in [-0.05, 0) is 45.7 Å². The topological polar surface area (TPSA) is 105 Å². The highest BCUT2D eigenvalue weighted by atomic mass is 16.6. The number of ether oxygens (including phenoxy) is 1. The minimum absolute atomic E-state index is 0.0435.